The van der Waals surface area contributed by atoms with E-state index in [0.717, 1.165) is 52.0 Å². The maximum absolute atomic E-state index is 9.90. The average Bonchev–Trinajstić information content (AvgIpc) is 2.70. The van der Waals surface area contributed by atoms with E-state index in [9.17, 15) is 5.11 Å². The van der Waals surface area contributed by atoms with Crippen molar-refractivity contribution in [3.63, 3.8) is 0 Å². The highest BCUT2D eigenvalue weighted by Crippen LogP contribution is 2.24. The van der Waals surface area contributed by atoms with Crippen LogP contribution in [0.5, 0.6) is 0 Å². The Kier molecular flexibility index (Phi) is 6.96. The van der Waals surface area contributed by atoms with E-state index in [1.54, 1.807) is 14.2 Å². The Bertz CT molecular complexity index is 178. The lowest BCUT2D eigenvalue weighted by Crippen LogP contribution is -2.43. The van der Waals surface area contributed by atoms with E-state index in [4.69, 9.17) is 9.47 Å². The number of hydrogen-bond donors (Lipinski definition) is 1. The summed E-state index contributed by atoms with van der Waals surface area (Å²) < 4.78 is 10.2. The summed E-state index contributed by atoms with van der Waals surface area (Å²) in [6, 6.07) is 0.326. The quantitative estimate of drug-likeness (QED) is 0.630. The first-order valence-corrected chi connectivity index (χ1v) is 6.19. The van der Waals surface area contributed by atoms with Crippen molar-refractivity contribution in [2.24, 2.45) is 0 Å². The van der Waals surface area contributed by atoms with Crippen molar-refractivity contribution in [3.05, 3.63) is 0 Å². The minimum absolute atomic E-state index is 0.153. The smallest absolute Gasteiger partial charge is 0.0695 e. The molecule has 0 heterocycles. The molecule has 0 amide bonds. The van der Waals surface area contributed by atoms with Gasteiger partial charge in [0.25, 0.3) is 0 Å². The van der Waals surface area contributed by atoms with E-state index in [0.29, 0.717) is 6.04 Å². The van der Waals surface area contributed by atoms with Crippen molar-refractivity contribution in [1.82, 2.24) is 4.90 Å². The second kappa shape index (κ2) is 8.01. The Morgan fingerprint density at radius 2 is 1.88 bits per heavy atom. The number of ether oxygens (including phenoxy) is 2. The fraction of sp³-hybridized carbons (Fsp3) is 1.00. The zero-order chi connectivity index (χ0) is 11.8. The fourth-order valence-corrected chi connectivity index (χ4v) is 2.41. The minimum Gasteiger partial charge on any atom is -0.391 e. The van der Waals surface area contributed by atoms with Crippen LogP contribution in [0.15, 0.2) is 0 Å². The van der Waals surface area contributed by atoms with Gasteiger partial charge in [-0.1, -0.05) is 0 Å². The van der Waals surface area contributed by atoms with E-state index in [1.807, 2.05) is 0 Å². The highest BCUT2D eigenvalue weighted by atomic mass is 16.5. The molecule has 1 aliphatic carbocycles. The highest BCUT2D eigenvalue weighted by molar-refractivity contribution is 4.85. The van der Waals surface area contributed by atoms with Gasteiger partial charge in [-0.05, 0) is 25.7 Å². The predicted octanol–water partition coefficient (Wildman–Crippen LogP) is 0.885. The lowest BCUT2D eigenvalue weighted by Gasteiger charge is -2.30. The van der Waals surface area contributed by atoms with Crippen molar-refractivity contribution < 1.29 is 14.6 Å². The molecular formula is C12H25NO3. The summed E-state index contributed by atoms with van der Waals surface area (Å²) in [5.74, 6) is 0. The standard InChI is InChI=1S/C12H25NO3/c1-15-9-4-7-13(8-10-16-2)11-5-3-6-12(11)14/h11-12,14H,3-10H2,1-2H3/t11-,12-/m0/s1. The van der Waals surface area contributed by atoms with Crippen LogP contribution >= 0.6 is 0 Å². The molecule has 4 heteroatoms. The van der Waals surface area contributed by atoms with Gasteiger partial charge < -0.3 is 14.6 Å². The van der Waals surface area contributed by atoms with Crippen LogP contribution in [-0.2, 0) is 9.47 Å². The second-order valence-electron chi connectivity index (χ2n) is 4.44. The van der Waals surface area contributed by atoms with Crippen LogP contribution in [0.2, 0.25) is 0 Å². The van der Waals surface area contributed by atoms with Crippen molar-refractivity contribution in [3.8, 4) is 0 Å². The molecule has 1 rings (SSSR count). The van der Waals surface area contributed by atoms with Gasteiger partial charge in [-0.2, -0.15) is 0 Å². The molecule has 16 heavy (non-hydrogen) atoms. The Morgan fingerprint density at radius 1 is 1.12 bits per heavy atom. The molecule has 0 saturated heterocycles. The molecule has 0 unspecified atom stereocenters. The Labute approximate surface area is 98.5 Å². The summed E-state index contributed by atoms with van der Waals surface area (Å²) in [6.45, 7) is 3.41. The Morgan fingerprint density at radius 3 is 2.44 bits per heavy atom. The lowest BCUT2D eigenvalue weighted by molar-refractivity contribution is 0.0465. The molecule has 1 fully saturated rings. The van der Waals surface area contributed by atoms with Crippen molar-refractivity contribution in [2.45, 2.75) is 37.8 Å². The highest BCUT2D eigenvalue weighted by Gasteiger charge is 2.29. The molecule has 2 atom stereocenters. The summed E-state index contributed by atoms with van der Waals surface area (Å²) in [5.41, 5.74) is 0. The number of hydrogen-bond acceptors (Lipinski definition) is 4. The number of rotatable bonds is 8. The predicted molar refractivity (Wildman–Crippen MR) is 63.6 cm³/mol. The van der Waals surface area contributed by atoms with Gasteiger partial charge in [0.2, 0.25) is 0 Å². The first kappa shape index (κ1) is 13.9. The Hall–Kier alpha value is -0.160. The van der Waals surface area contributed by atoms with Crippen molar-refractivity contribution in [2.75, 3.05) is 40.5 Å². The second-order valence-corrected chi connectivity index (χ2v) is 4.44. The molecule has 0 radical (unpaired) electrons. The SMILES string of the molecule is COCCCN(CCOC)[C@H]1CCC[C@@H]1O. The van der Waals surface area contributed by atoms with Gasteiger partial charge in [0.15, 0.2) is 0 Å². The Balaban J connectivity index is 2.35. The molecule has 0 aromatic rings. The molecule has 0 aromatic heterocycles. The van der Waals surface area contributed by atoms with Gasteiger partial charge >= 0.3 is 0 Å². The summed E-state index contributed by atoms with van der Waals surface area (Å²) in [7, 11) is 3.45. The van der Waals surface area contributed by atoms with Gasteiger partial charge in [0.1, 0.15) is 0 Å². The molecule has 0 aromatic carbocycles. The lowest BCUT2D eigenvalue weighted by atomic mass is 10.1. The number of nitrogens with zero attached hydrogens (tertiary/aromatic N) is 1. The van der Waals surface area contributed by atoms with Gasteiger partial charge in [0.05, 0.1) is 12.7 Å². The molecule has 1 aliphatic rings. The van der Waals surface area contributed by atoms with E-state index in [1.165, 1.54) is 0 Å². The number of aliphatic hydroxyl groups excluding tert-OH is 1. The fourth-order valence-electron chi connectivity index (χ4n) is 2.41. The van der Waals surface area contributed by atoms with E-state index < -0.39 is 0 Å². The molecular weight excluding hydrogens is 206 g/mol. The van der Waals surface area contributed by atoms with Crippen LogP contribution in [-0.4, -0.2) is 62.7 Å². The average molecular weight is 231 g/mol. The van der Waals surface area contributed by atoms with Crippen molar-refractivity contribution in [1.29, 1.82) is 0 Å². The summed E-state index contributed by atoms with van der Waals surface area (Å²) in [4.78, 5) is 2.35. The van der Waals surface area contributed by atoms with Gasteiger partial charge in [0, 0.05) is 40.0 Å². The van der Waals surface area contributed by atoms with E-state index in [-0.39, 0.29) is 6.10 Å². The maximum atomic E-state index is 9.90. The number of methoxy groups -OCH3 is 2. The molecule has 96 valence electrons. The van der Waals surface area contributed by atoms with E-state index in [2.05, 4.69) is 4.90 Å². The van der Waals surface area contributed by atoms with Crippen LogP contribution < -0.4 is 0 Å². The normalized spacial score (nSPS) is 25.5. The molecule has 1 N–H and O–H groups in total. The largest absolute Gasteiger partial charge is 0.391 e. The third-order valence-corrected chi connectivity index (χ3v) is 3.29. The van der Waals surface area contributed by atoms with Crippen LogP contribution in [0.25, 0.3) is 0 Å². The summed E-state index contributed by atoms with van der Waals surface area (Å²) in [6.07, 6.45) is 4.05. The molecule has 0 spiro atoms. The van der Waals surface area contributed by atoms with Gasteiger partial charge in [-0.25, -0.2) is 0 Å². The first-order chi connectivity index (χ1) is 7.79. The van der Waals surface area contributed by atoms with Crippen LogP contribution in [0.3, 0.4) is 0 Å². The monoisotopic (exact) mass is 231 g/mol. The zero-order valence-electron chi connectivity index (χ0n) is 10.5. The number of aliphatic hydroxyl groups is 1. The molecule has 4 nitrogen and oxygen atoms in total. The summed E-state index contributed by atoms with van der Waals surface area (Å²) in [5, 5.41) is 9.90. The van der Waals surface area contributed by atoms with Crippen LogP contribution in [0.4, 0.5) is 0 Å². The van der Waals surface area contributed by atoms with Crippen LogP contribution in [0.1, 0.15) is 25.7 Å². The first-order valence-electron chi connectivity index (χ1n) is 6.19. The third-order valence-electron chi connectivity index (χ3n) is 3.29. The van der Waals surface area contributed by atoms with E-state index >= 15 is 0 Å². The third kappa shape index (κ3) is 4.37. The zero-order valence-corrected chi connectivity index (χ0v) is 10.5. The minimum atomic E-state index is -0.153. The van der Waals surface area contributed by atoms with Crippen molar-refractivity contribution >= 4 is 0 Å². The summed E-state index contributed by atoms with van der Waals surface area (Å²) >= 11 is 0. The molecule has 0 bridgehead atoms. The maximum Gasteiger partial charge on any atom is 0.0695 e. The van der Waals surface area contributed by atoms with Gasteiger partial charge in [-0.15, -0.1) is 0 Å². The van der Waals surface area contributed by atoms with Crippen LogP contribution in [0, 0.1) is 0 Å². The van der Waals surface area contributed by atoms with Gasteiger partial charge in [-0.3, -0.25) is 4.90 Å². The topological polar surface area (TPSA) is 41.9 Å². The molecule has 1 saturated carbocycles. The molecule has 0 aliphatic heterocycles.